The van der Waals surface area contributed by atoms with Gasteiger partial charge in [0.05, 0.1) is 10.2 Å². The summed E-state index contributed by atoms with van der Waals surface area (Å²) in [4.78, 5) is 17.4. The van der Waals surface area contributed by atoms with Gasteiger partial charge in [-0.15, -0.1) is 0 Å². The van der Waals surface area contributed by atoms with Gasteiger partial charge < -0.3 is 14.0 Å². The average Bonchev–Trinajstić information content (AvgIpc) is 3.21. The van der Waals surface area contributed by atoms with Gasteiger partial charge in [-0.2, -0.15) is 10.1 Å². The molecule has 1 amide bonds. The van der Waals surface area contributed by atoms with Crippen LogP contribution in [-0.4, -0.2) is 27.0 Å². The molecule has 7 nitrogen and oxygen atoms in total. The molecule has 3 heterocycles. The zero-order valence-corrected chi connectivity index (χ0v) is 14.4. The number of aromatic nitrogens is 3. The number of thiazole rings is 1. The quantitative estimate of drug-likeness (QED) is 0.715. The molecule has 1 aliphatic heterocycles. The number of rotatable bonds is 2. The molecule has 2 aromatic heterocycles. The monoisotopic (exact) mass is 344 g/mol. The smallest absolute Gasteiger partial charge is 0.300 e. The first-order valence-electron chi connectivity index (χ1n) is 7.59. The van der Waals surface area contributed by atoms with E-state index in [2.05, 4.69) is 10.1 Å². The number of carbonyl (C=O) groups excluding carboxylic acids is 1. The van der Waals surface area contributed by atoms with Gasteiger partial charge in [0.1, 0.15) is 0 Å². The maximum atomic E-state index is 12.5. The van der Waals surface area contributed by atoms with Crippen LogP contribution in [0, 0.1) is 6.92 Å². The van der Waals surface area contributed by atoms with Crippen LogP contribution < -0.4 is 14.3 Å². The Morgan fingerprint density at radius 3 is 2.79 bits per heavy atom. The Kier molecular flexibility index (Phi) is 3.42. The Hall–Kier alpha value is -2.61. The normalized spacial score (nSPS) is 13.9. The SMILES string of the molecule is CCn1c(=NC(=O)c2nn(C)cc2C)sc2cc3c(cc21)OCO3. The Morgan fingerprint density at radius 1 is 1.38 bits per heavy atom. The van der Waals surface area contributed by atoms with Crippen LogP contribution in [0.3, 0.4) is 0 Å². The van der Waals surface area contributed by atoms with E-state index in [0.717, 1.165) is 27.3 Å². The highest BCUT2D eigenvalue weighted by Gasteiger charge is 2.18. The molecule has 0 spiro atoms. The number of ether oxygens (including phenoxy) is 2. The molecule has 0 aliphatic carbocycles. The van der Waals surface area contributed by atoms with Crippen molar-refractivity contribution >= 4 is 27.5 Å². The molecule has 0 unspecified atom stereocenters. The lowest BCUT2D eigenvalue weighted by Crippen LogP contribution is -2.16. The number of fused-ring (bicyclic) bond motifs is 2. The molecule has 0 radical (unpaired) electrons. The van der Waals surface area contributed by atoms with Gasteiger partial charge in [0.2, 0.25) is 6.79 Å². The van der Waals surface area contributed by atoms with E-state index in [1.54, 1.807) is 17.9 Å². The van der Waals surface area contributed by atoms with E-state index in [-0.39, 0.29) is 12.7 Å². The van der Waals surface area contributed by atoms with E-state index in [9.17, 15) is 4.79 Å². The minimum absolute atomic E-state index is 0.243. The van der Waals surface area contributed by atoms with Crippen molar-refractivity contribution < 1.29 is 14.3 Å². The molecule has 1 aromatic carbocycles. The molecule has 8 heteroatoms. The number of nitrogens with zero attached hydrogens (tertiary/aromatic N) is 4. The Bertz CT molecular complexity index is 1030. The predicted octanol–water partition coefficient (Wildman–Crippen LogP) is 2.23. The summed E-state index contributed by atoms with van der Waals surface area (Å²) in [6, 6.07) is 3.87. The Labute approximate surface area is 141 Å². The summed E-state index contributed by atoms with van der Waals surface area (Å²) in [5.74, 6) is 1.12. The van der Waals surface area contributed by atoms with Crippen LogP contribution in [0.25, 0.3) is 10.2 Å². The summed E-state index contributed by atoms with van der Waals surface area (Å²) in [7, 11) is 1.79. The average molecular weight is 344 g/mol. The second-order valence-corrected chi connectivity index (χ2v) is 6.56. The number of amides is 1. The summed E-state index contributed by atoms with van der Waals surface area (Å²) in [6.45, 7) is 4.82. The highest BCUT2D eigenvalue weighted by molar-refractivity contribution is 7.16. The number of hydrogen-bond donors (Lipinski definition) is 0. The molecule has 124 valence electrons. The number of carbonyl (C=O) groups is 1. The van der Waals surface area contributed by atoms with Gasteiger partial charge in [0.15, 0.2) is 22.0 Å². The number of aryl methyl sites for hydroxylation is 3. The van der Waals surface area contributed by atoms with Crippen molar-refractivity contribution in [3.8, 4) is 11.5 Å². The lowest BCUT2D eigenvalue weighted by Gasteiger charge is -2.01. The van der Waals surface area contributed by atoms with Crippen LogP contribution in [0.4, 0.5) is 0 Å². The molecule has 0 bridgehead atoms. The van der Waals surface area contributed by atoms with Gasteiger partial charge in [-0.3, -0.25) is 9.48 Å². The number of benzene rings is 1. The van der Waals surface area contributed by atoms with Crippen LogP contribution in [0.2, 0.25) is 0 Å². The molecule has 0 atom stereocenters. The van der Waals surface area contributed by atoms with Crippen molar-refractivity contribution in [2.24, 2.45) is 12.0 Å². The fraction of sp³-hybridized carbons (Fsp3) is 0.312. The molecule has 0 saturated carbocycles. The first-order chi connectivity index (χ1) is 11.6. The second-order valence-electron chi connectivity index (χ2n) is 5.55. The molecular weight excluding hydrogens is 328 g/mol. The Morgan fingerprint density at radius 2 is 2.12 bits per heavy atom. The summed E-state index contributed by atoms with van der Waals surface area (Å²) in [5, 5.41) is 4.20. The third kappa shape index (κ3) is 2.30. The van der Waals surface area contributed by atoms with Crippen molar-refractivity contribution in [3.05, 3.63) is 34.4 Å². The van der Waals surface area contributed by atoms with E-state index in [4.69, 9.17) is 9.47 Å². The van der Waals surface area contributed by atoms with Gasteiger partial charge in [0, 0.05) is 37.5 Å². The van der Waals surface area contributed by atoms with E-state index in [0.29, 0.717) is 17.0 Å². The van der Waals surface area contributed by atoms with Gasteiger partial charge in [-0.1, -0.05) is 11.3 Å². The maximum Gasteiger partial charge on any atom is 0.300 e. The highest BCUT2D eigenvalue weighted by Crippen LogP contribution is 2.36. The van der Waals surface area contributed by atoms with E-state index in [1.165, 1.54) is 11.3 Å². The van der Waals surface area contributed by atoms with Gasteiger partial charge >= 0.3 is 0 Å². The minimum Gasteiger partial charge on any atom is -0.454 e. The van der Waals surface area contributed by atoms with Crippen LogP contribution >= 0.6 is 11.3 Å². The maximum absolute atomic E-state index is 12.5. The van der Waals surface area contributed by atoms with E-state index < -0.39 is 0 Å². The third-order valence-corrected chi connectivity index (χ3v) is 4.95. The summed E-state index contributed by atoms with van der Waals surface area (Å²) in [5.41, 5.74) is 2.18. The summed E-state index contributed by atoms with van der Waals surface area (Å²) >= 11 is 1.46. The fourth-order valence-electron chi connectivity index (χ4n) is 2.81. The van der Waals surface area contributed by atoms with E-state index in [1.807, 2.05) is 30.5 Å². The van der Waals surface area contributed by atoms with Crippen molar-refractivity contribution in [1.29, 1.82) is 0 Å². The van der Waals surface area contributed by atoms with E-state index >= 15 is 0 Å². The highest BCUT2D eigenvalue weighted by atomic mass is 32.1. The lowest BCUT2D eigenvalue weighted by atomic mass is 10.3. The molecule has 0 N–H and O–H groups in total. The predicted molar refractivity (Wildman–Crippen MR) is 89.5 cm³/mol. The van der Waals surface area contributed by atoms with Crippen molar-refractivity contribution in [2.45, 2.75) is 20.4 Å². The molecule has 4 rings (SSSR count). The van der Waals surface area contributed by atoms with Crippen LogP contribution in [0.5, 0.6) is 11.5 Å². The van der Waals surface area contributed by atoms with Crippen LogP contribution in [-0.2, 0) is 13.6 Å². The standard InChI is InChI=1S/C16H16N4O3S/c1-4-20-10-5-11-12(23-8-22-11)6-13(10)24-16(20)17-15(21)14-9(2)7-19(3)18-14/h5-7H,4,8H2,1-3H3. The minimum atomic E-state index is -0.332. The first-order valence-corrected chi connectivity index (χ1v) is 8.40. The summed E-state index contributed by atoms with van der Waals surface area (Å²) in [6.07, 6.45) is 1.81. The first kappa shape index (κ1) is 14.9. The number of hydrogen-bond acceptors (Lipinski definition) is 5. The third-order valence-electron chi connectivity index (χ3n) is 3.90. The second kappa shape index (κ2) is 5.48. The molecule has 0 saturated heterocycles. The molecule has 0 fully saturated rings. The molecular formula is C16H16N4O3S. The fourth-order valence-corrected chi connectivity index (χ4v) is 3.91. The van der Waals surface area contributed by atoms with Crippen molar-refractivity contribution in [1.82, 2.24) is 14.3 Å². The molecule has 3 aromatic rings. The molecule has 1 aliphatic rings. The van der Waals surface area contributed by atoms with Gasteiger partial charge in [0.25, 0.3) is 5.91 Å². The van der Waals surface area contributed by atoms with Gasteiger partial charge in [-0.05, 0) is 13.8 Å². The largest absolute Gasteiger partial charge is 0.454 e. The summed E-state index contributed by atoms with van der Waals surface area (Å²) < 4.78 is 15.5. The van der Waals surface area contributed by atoms with Gasteiger partial charge in [-0.25, -0.2) is 0 Å². The molecule has 24 heavy (non-hydrogen) atoms. The topological polar surface area (TPSA) is 70.6 Å². The zero-order chi connectivity index (χ0) is 16.8. The zero-order valence-electron chi connectivity index (χ0n) is 13.6. The van der Waals surface area contributed by atoms with Crippen LogP contribution in [0.1, 0.15) is 23.0 Å². The lowest BCUT2D eigenvalue weighted by molar-refractivity contribution is 0.0992. The Balaban J connectivity index is 1.87. The van der Waals surface area contributed by atoms with Crippen molar-refractivity contribution in [3.63, 3.8) is 0 Å². The van der Waals surface area contributed by atoms with Crippen LogP contribution in [0.15, 0.2) is 23.3 Å². The van der Waals surface area contributed by atoms with Crippen molar-refractivity contribution in [2.75, 3.05) is 6.79 Å².